The summed E-state index contributed by atoms with van der Waals surface area (Å²) >= 11 is 0. The summed E-state index contributed by atoms with van der Waals surface area (Å²) in [6.07, 6.45) is 2.83. The number of alkyl carbamates (subject to hydrolysis) is 1. The minimum atomic E-state index is -1.16. The van der Waals surface area contributed by atoms with Crippen LogP contribution in [0, 0.1) is 5.82 Å². The molecule has 5 aromatic rings. The second-order valence-corrected chi connectivity index (χ2v) is 15.2. The Kier molecular flexibility index (Phi) is 17.2. The zero-order valence-electron chi connectivity index (χ0n) is 36.3. The molecule has 0 aliphatic carbocycles. The normalized spacial score (nSPS) is 13.4. The van der Waals surface area contributed by atoms with Crippen molar-refractivity contribution in [2.75, 3.05) is 26.4 Å². The van der Waals surface area contributed by atoms with Crippen molar-refractivity contribution in [2.24, 2.45) is 0 Å². The molecule has 0 bridgehead atoms. The van der Waals surface area contributed by atoms with Crippen LogP contribution in [0.25, 0.3) is 11.1 Å². The third-order valence-corrected chi connectivity index (χ3v) is 10.5. The number of hydrogen-bond donors (Lipinski definition) is 2. The quantitative estimate of drug-likeness (QED) is 0.0516. The number of ether oxygens (including phenoxy) is 6. The molecule has 0 fully saturated rings. The molecule has 2 unspecified atom stereocenters. The third kappa shape index (κ3) is 13.2. The standard InChI is InChI=1S/C51H57FN2O9/c1-4-14-41-44(58-28-13-29-59-46-31-47(61-33-35-15-9-7-10-16-35)42(30-37(46)6-3)38-19-23-40(52)24-20-38)25-21-39-22-26-45(63-48(39)41)49(55)53-32-43(50(56)60-27-5-2)54-51(57)62-34-36-17-11-8-12-18-36/h7-12,15-21,23-25,30-31,43,45H,4-6,13-14,22,26-29,32-34H2,1-3H3,(H,53,55)(H,54,57). The molecule has 2 N–H and O–H groups in total. The molecule has 5 aromatic carbocycles. The molecule has 1 aliphatic heterocycles. The lowest BCUT2D eigenvalue weighted by Gasteiger charge is -2.29. The molecule has 11 nitrogen and oxygen atoms in total. The lowest BCUT2D eigenvalue weighted by molar-refractivity contribution is -0.146. The van der Waals surface area contributed by atoms with Crippen LogP contribution in [0.4, 0.5) is 9.18 Å². The molecule has 1 heterocycles. The molecule has 0 radical (unpaired) electrons. The van der Waals surface area contributed by atoms with E-state index < -0.39 is 30.1 Å². The van der Waals surface area contributed by atoms with Crippen LogP contribution in [0.15, 0.2) is 109 Å². The van der Waals surface area contributed by atoms with Crippen molar-refractivity contribution >= 4 is 18.0 Å². The minimum Gasteiger partial charge on any atom is -0.493 e. The fourth-order valence-corrected chi connectivity index (χ4v) is 7.17. The number of carbonyl (C=O) groups is 3. The van der Waals surface area contributed by atoms with Gasteiger partial charge in [0.25, 0.3) is 5.91 Å². The maximum atomic E-state index is 13.8. The lowest BCUT2D eigenvalue weighted by Crippen LogP contribution is -2.51. The molecule has 1 aliphatic rings. The summed E-state index contributed by atoms with van der Waals surface area (Å²) in [5.74, 6) is 1.29. The van der Waals surface area contributed by atoms with Crippen molar-refractivity contribution in [1.82, 2.24) is 10.6 Å². The van der Waals surface area contributed by atoms with Crippen LogP contribution in [0.5, 0.6) is 23.0 Å². The van der Waals surface area contributed by atoms with Gasteiger partial charge >= 0.3 is 12.1 Å². The number of carbonyl (C=O) groups excluding carboxylic acids is 3. The SMILES string of the molecule is CCCOC(=O)C(CNC(=O)C1CCc2ccc(OCCCOc3cc(OCc4ccccc4)c(-c4ccc(F)cc4)cc3CC)c(CCC)c2O1)NC(=O)OCc1ccccc1. The van der Waals surface area contributed by atoms with E-state index in [2.05, 4.69) is 30.5 Å². The average molecular weight is 861 g/mol. The van der Waals surface area contributed by atoms with Crippen molar-refractivity contribution < 1.29 is 47.2 Å². The van der Waals surface area contributed by atoms with Crippen LogP contribution in [-0.4, -0.2) is 56.5 Å². The van der Waals surface area contributed by atoms with Gasteiger partial charge in [0, 0.05) is 30.2 Å². The summed E-state index contributed by atoms with van der Waals surface area (Å²) in [5.41, 5.74) is 6.41. The number of fused-ring (bicyclic) bond motifs is 1. The summed E-state index contributed by atoms with van der Waals surface area (Å²) in [7, 11) is 0. The molecule has 0 saturated carbocycles. The highest BCUT2D eigenvalue weighted by Crippen LogP contribution is 2.39. The molecule has 6 rings (SSSR count). The van der Waals surface area contributed by atoms with Gasteiger partial charge in [0.15, 0.2) is 6.10 Å². The number of amides is 2. The van der Waals surface area contributed by atoms with Gasteiger partial charge in [0.05, 0.1) is 19.8 Å². The smallest absolute Gasteiger partial charge is 0.408 e. The van der Waals surface area contributed by atoms with E-state index in [1.807, 2.05) is 85.8 Å². The van der Waals surface area contributed by atoms with Gasteiger partial charge < -0.3 is 39.1 Å². The molecular weight excluding hydrogens is 804 g/mol. The fraction of sp³-hybridized carbons (Fsp3) is 0.353. The van der Waals surface area contributed by atoms with Crippen LogP contribution in [0.3, 0.4) is 0 Å². The van der Waals surface area contributed by atoms with E-state index in [1.54, 1.807) is 12.1 Å². The number of esters is 1. The van der Waals surface area contributed by atoms with Crippen molar-refractivity contribution in [3.63, 3.8) is 0 Å². The molecular formula is C51H57FN2O9. The Bertz CT molecular complexity index is 2250. The Morgan fingerprint density at radius 3 is 2.13 bits per heavy atom. The Morgan fingerprint density at radius 2 is 1.44 bits per heavy atom. The summed E-state index contributed by atoms with van der Waals surface area (Å²) in [5, 5.41) is 5.32. The van der Waals surface area contributed by atoms with Crippen molar-refractivity contribution in [2.45, 2.75) is 91.1 Å². The van der Waals surface area contributed by atoms with Crippen molar-refractivity contribution in [3.8, 4) is 34.1 Å². The molecule has 0 aromatic heterocycles. The van der Waals surface area contributed by atoms with Gasteiger partial charge in [-0.3, -0.25) is 4.79 Å². The minimum absolute atomic E-state index is 0.0203. The largest absolute Gasteiger partial charge is 0.493 e. The van der Waals surface area contributed by atoms with E-state index >= 15 is 0 Å². The molecule has 2 amide bonds. The van der Waals surface area contributed by atoms with E-state index in [1.165, 1.54) is 12.1 Å². The van der Waals surface area contributed by atoms with Gasteiger partial charge in [-0.15, -0.1) is 0 Å². The fourth-order valence-electron chi connectivity index (χ4n) is 7.17. The maximum Gasteiger partial charge on any atom is 0.408 e. The highest BCUT2D eigenvalue weighted by molar-refractivity contribution is 5.85. The number of rotatable bonds is 22. The van der Waals surface area contributed by atoms with Crippen LogP contribution in [0.2, 0.25) is 0 Å². The molecule has 12 heteroatoms. The second-order valence-electron chi connectivity index (χ2n) is 15.2. The first-order chi connectivity index (χ1) is 30.8. The Morgan fingerprint density at radius 1 is 0.746 bits per heavy atom. The van der Waals surface area contributed by atoms with Crippen molar-refractivity contribution in [1.29, 1.82) is 0 Å². The molecule has 0 spiro atoms. The third-order valence-electron chi connectivity index (χ3n) is 10.5. The number of halogens is 1. The van der Waals surface area contributed by atoms with Crippen LogP contribution < -0.4 is 29.6 Å². The van der Waals surface area contributed by atoms with Gasteiger partial charge in [0.2, 0.25) is 0 Å². The topological polar surface area (TPSA) is 131 Å². The van der Waals surface area contributed by atoms with Gasteiger partial charge in [0.1, 0.15) is 48.1 Å². The first-order valence-corrected chi connectivity index (χ1v) is 21.8. The van der Waals surface area contributed by atoms with Gasteiger partial charge in [-0.25, -0.2) is 14.0 Å². The van der Waals surface area contributed by atoms with Gasteiger partial charge in [-0.2, -0.15) is 0 Å². The molecule has 332 valence electrons. The number of aryl methyl sites for hydroxylation is 2. The number of nitrogens with one attached hydrogen (secondary N) is 2. The molecule has 0 saturated heterocycles. The summed E-state index contributed by atoms with van der Waals surface area (Å²) in [6, 6.07) is 32.2. The van der Waals surface area contributed by atoms with Gasteiger partial charge in [-0.05, 0) is 84.2 Å². The highest BCUT2D eigenvalue weighted by atomic mass is 19.1. The maximum absolute atomic E-state index is 13.8. The second kappa shape index (κ2) is 23.6. The first kappa shape index (κ1) is 46.0. The Hall–Kier alpha value is -6.56. The monoisotopic (exact) mass is 860 g/mol. The van der Waals surface area contributed by atoms with E-state index in [-0.39, 0.29) is 25.6 Å². The van der Waals surface area contributed by atoms with Crippen LogP contribution in [0.1, 0.15) is 74.3 Å². The van der Waals surface area contributed by atoms with E-state index in [4.69, 9.17) is 28.4 Å². The predicted octanol–water partition coefficient (Wildman–Crippen LogP) is 9.49. The van der Waals surface area contributed by atoms with E-state index in [9.17, 15) is 18.8 Å². The summed E-state index contributed by atoms with van der Waals surface area (Å²) < 4.78 is 49.9. The average Bonchev–Trinajstić information content (AvgIpc) is 3.31. The van der Waals surface area contributed by atoms with Gasteiger partial charge in [-0.1, -0.05) is 106 Å². The van der Waals surface area contributed by atoms with Crippen LogP contribution >= 0.6 is 0 Å². The highest BCUT2D eigenvalue weighted by Gasteiger charge is 2.31. The lowest BCUT2D eigenvalue weighted by atomic mass is 9.96. The predicted molar refractivity (Wildman–Crippen MR) is 239 cm³/mol. The number of hydrogen-bond acceptors (Lipinski definition) is 9. The molecule has 2 atom stereocenters. The zero-order valence-corrected chi connectivity index (χ0v) is 36.3. The zero-order chi connectivity index (χ0) is 44.4. The van der Waals surface area contributed by atoms with E-state index in [0.717, 1.165) is 51.8 Å². The summed E-state index contributed by atoms with van der Waals surface area (Å²) in [6.45, 7) is 7.12. The first-order valence-electron chi connectivity index (χ1n) is 21.8. The Labute approximate surface area is 369 Å². The number of benzene rings is 5. The Balaban J connectivity index is 1.06. The van der Waals surface area contributed by atoms with E-state index in [0.29, 0.717) is 74.9 Å². The van der Waals surface area contributed by atoms with Crippen LogP contribution in [-0.2, 0) is 51.5 Å². The summed E-state index contributed by atoms with van der Waals surface area (Å²) in [4.78, 5) is 39.1. The van der Waals surface area contributed by atoms with Crippen molar-refractivity contribution in [3.05, 3.63) is 143 Å². The molecule has 63 heavy (non-hydrogen) atoms.